The van der Waals surface area contributed by atoms with Crippen molar-refractivity contribution in [1.29, 1.82) is 0 Å². The monoisotopic (exact) mass is 365 g/mol. The first kappa shape index (κ1) is 16.1. The standard InChI is InChI=1S/C17H19NO4S2/c19-10-14-8-18(9-16(14)13-4-6-23-11-13)24(20,21)15-1-2-17-12(7-15)3-5-22-17/h1-2,4,6-7,11,14,16,19H,3,5,8-10H2. The molecule has 3 heterocycles. The molecule has 0 spiro atoms. The van der Waals surface area contributed by atoms with Gasteiger partial charge >= 0.3 is 0 Å². The summed E-state index contributed by atoms with van der Waals surface area (Å²) in [5.41, 5.74) is 2.06. The van der Waals surface area contributed by atoms with E-state index in [9.17, 15) is 13.5 Å². The number of nitrogens with zero attached hydrogens (tertiary/aromatic N) is 1. The van der Waals surface area contributed by atoms with E-state index >= 15 is 0 Å². The number of fused-ring (bicyclic) bond motifs is 1. The first-order valence-electron chi connectivity index (χ1n) is 7.98. The largest absolute Gasteiger partial charge is 0.493 e. The number of rotatable bonds is 4. The third kappa shape index (κ3) is 2.65. The van der Waals surface area contributed by atoms with Crippen LogP contribution in [0.25, 0.3) is 0 Å². The Labute approximate surface area is 145 Å². The second-order valence-corrected chi connectivity index (χ2v) is 9.01. The summed E-state index contributed by atoms with van der Waals surface area (Å²) in [6.45, 7) is 1.37. The minimum atomic E-state index is -3.56. The number of aliphatic hydroxyl groups excluding tert-OH is 1. The third-order valence-electron chi connectivity index (χ3n) is 4.91. The predicted molar refractivity (Wildman–Crippen MR) is 92.0 cm³/mol. The smallest absolute Gasteiger partial charge is 0.243 e. The molecule has 0 aliphatic carbocycles. The van der Waals surface area contributed by atoms with Crippen molar-refractivity contribution in [3.63, 3.8) is 0 Å². The molecular weight excluding hydrogens is 346 g/mol. The fourth-order valence-electron chi connectivity index (χ4n) is 3.55. The molecule has 128 valence electrons. The van der Waals surface area contributed by atoms with Gasteiger partial charge in [0.1, 0.15) is 5.75 Å². The van der Waals surface area contributed by atoms with Gasteiger partial charge in [0.25, 0.3) is 0 Å². The van der Waals surface area contributed by atoms with Crippen molar-refractivity contribution in [2.24, 2.45) is 5.92 Å². The lowest BCUT2D eigenvalue weighted by Gasteiger charge is -2.17. The third-order valence-corrected chi connectivity index (χ3v) is 7.44. The molecule has 1 N–H and O–H groups in total. The van der Waals surface area contributed by atoms with E-state index in [1.165, 1.54) is 4.31 Å². The quantitative estimate of drug-likeness (QED) is 0.901. The molecule has 5 nitrogen and oxygen atoms in total. The summed E-state index contributed by atoms with van der Waals surface area (Å²) in [6, 6.07) is 7.10. The molecule has 24 heavy (non-hydrogen) atoms. The summed E-state index contributed by atoms with van der Waals surface area (Å²) in [4.78, 5) is 0.314. The average Bonchev–Trinajstić information content (AvgIpc) is 3.31. The summed E-state index contributed by atoms with van der Waals surface area (Å²) in [6.07, 6.45) is 0.746. The molecule has 1 aromatic heterocycles. The van der Waals surface area contributed by atoms with Crippen molar-refractivity contribution < 1.29 is 18.3 Å². The number of ether oxygens (including phenoxy) is 1. The lowest BCUT2D eigenvalue weighted by molar-refractivity contribution is 0.223. The molecule has 2 atom stereocenters. The van der Waals surface area contributed by atoms with Gasteiger partial charge < -0.3 is 9.84 Å². The van der Waals surface area contributed by atoms with Crippen LogP contribution in [0.1, 0.15) is 17.0 Å². The van der Waals surface area contributed by atoms with Gasteiger partial charge in [0.15, 0.2) is 0 Å². The molecule has 0 amide bonds. The first-order chi connectivity index (χ1) is 11.6. The minimum absolute atomic E-state index is 0.00936. The van der Waals surface area contributed by atoms with E-state index in [1.54, 1.807) is 29.5 Å². The maximum absolute atomic E-state index is 13.0. The van der Waals surface area contributed by atoms with Crippen LogP contribution in [0.4, 0.5) is 0 Å². The summed E-state index contributed by atoms with van der Waals surface area (Å²) in [7, 11) is -3.56. The fraction of sp³-hybridized carbons (Fsp3) is 0.412. The molecule has 2 aliphatic heterocycles. The van der Waals surface area contributed by atoms with Crippen LogP contribution in [-0.4, -0.2) is 44.1 Å². The van der Waals surface area contributed by atoms with Crippen molar-refractivity contribution in [3.8, 4) is 5.75 Å². The van der Waals surface area contributed by atoms with Gasteiger partial charge in [0.2, 0.25) is 10.0 Å². The molecule has 1 fully saturated rings. The Morgan fingerprint density at radius 1 is 1.29 bits per heavy atom. The van der Waals surface area contributed by atoms with Crippen molar-refractivity contribution >= 4 is 21.4 Å². The van der Waals surface area contributed by atoms with E-state index in [0.29, 0.717) is 24.6 Å². The minimum Gasteiger partial charge on any atom is -0.493 e. The highest BCUT2D eigenvalue weighted by Crippen LogP contribution is 2.37. The van der Waals surface area contributed by atoms with Crippen molar-refractivity contribution in [2.75, 3.05) is 26.3 Å². The Balaban J connectivity index is 1.63. The first-order valence-corrected chi connectivity index (χ1v) is 10.4. The second-order valence-electron chi connectivity index (χ2n) is 6.30. The van der Waals surface area contributed by atoms with E-state index in [-0.39, 0.29) is 18.4 Å². The highest BCUT2D eigenvalue weighted by molar-refractivity contribution is 7.89. The molecule has 2 aromatic rings. The SMILES string of the molecule is O=S(=O)(c1ccc2c(c1)CCO2)N1CC(CO)C(c2ccsc2)C1. The van der Waals surface area contributed by atoms with E-state index in [0.717, 1.165) is 23.3 Å². The number of aliphatic hydroxyl groups is 1. The maximum Gasteiger partial charge on any atom is 0.243 e. The summed E-state index contributed by atoms with van der Waals surface area (Å²) in [5.74, 6) is 0.765. The van der Waals surface area contributed by atoms with Crippen LogP contribution >= 0.6 is 11.3 Å². The molecular formula is C17H19NO4S2. The lowest BCUT2D eigenvalue weighted by atomic mass is 9.92. The number of benzene rings is 1. The molecule has 2 unspecified atom stereocenters. The summed E-state index contributed by atoms with van der Waals surface area (Å²) in [5, 5.41) is 13.7. The normalized spacial score (nSPS) is 24.0. The van der Waals surface area contributed by atoms with Crippen LogP contribution < -0.4 is 4.74 Å². The number of sulfonamides is 1. The molecule has 0 saturated carbocycles. The van der Waals surface area contributed by atoms with E-state index < -0.39 is 10.0 Å². The topological polar surface area (TPSA) is 66.8 Å². The van der Waals surface area contributed by atoms with Crippen LogP contribution in [0, 0.1) is 5.92 Å². The van der Waals surface area contributed by atoms with Crippen LogP contribution in [0.15, 0.2) is 39.9 Å². The molecule has 0 bridgehead atoms. The zero-order valence-corrected chi connectivity index (χ0v) is 14.7. The Hall–Kier alpha value is -1.41. The lowest BCUT2D eigenvalue weighted by Crippen LogP contribution is -2.29. The molecule has 4 rings (SSSR count). The highest BCUT2D eigenvalue weighted by atomic mass is 32.2. The van der Waals surface area contributed by atoms with Gasteiger partial charge in [-0.1, -0.05) is 0 Å². The zero-order valence-electron chi connectivity index (χ0n) is 13.1. The molecule has 0 radical (unpaired) electrons. The second kappa shape index (κ2) is 6.15. The Morgan fingerprint density at radius 2 is 2.17 bits per heavy atom. The van der Waals surface area contributed by atoms with Gasteiger partial charge in [0, 0.05) is 38.0 Å². The molecule has 1 aromatic carbocycles. The van der Waals surface area contributed by atoms with Crippen LogP contribution in [0.5, 0.6) is 5.75 Å². The fourth-order valence-corrected chi connectivity index (χ4v) is 5.85. The van der Waals surface area contributed by atoms with Gasteiger partial charge in [-0.2, -0.15) is 15.6 Å². The average molecular weight is 365 g/mol. The van der Waals surface area contributed by atoms with Crippen LogP contribution in [-0.2, 0) is 16.4 Å². The number of hydrogen-bond donors (Lipinski definition) is 1. The molecule has 1 saturated heterocycles. The van der Waals surface area contributed by atoms with Gasteiger partial charge in [-0.25, -0.2) is 8.42 Å². The maximum atomic E-state index is 13.0. The predicted octanol–water partition coefficient (Wildman–Crippen LogP) is 2.08. The van der Waals surface area contributed by atoms with Gasteiger partial charge in [-0.05, 0) is 46.2 Å². The molecule has 7 heteroatoms. The van der Waals surface area contributed by atoms with Crippen molar-refractivity contribution in [1.82, 2.24) is 4.31 Å². The Morgan fingerprint density at radius 3 is 2.92 bits per heavy atom. The van der Waals surface area contributed by atoms with Crippen LogP contribution in [0.3, 0.4) is 0 Å². The van der Waals surface area contributed by atoms with Crippen molar-refractivity contribution in [3.05, 3.63) is 46.2 Å². The van der Waals surface area contributed by atoms with Gasteiger partial charge in [-0.3, -0.25) is 0 Å². The molecule has 2 aliphatic rings. The Bertz CT molecular complexity index is 832. The van der Waals surface area contributed by atoms with E-state index in [4.69, 9.17) is 4.74 Å². The van der Waals surface area contributed by atoms with Crippen LogP contribution in [0.2, 0.25) is 0 Å². The van der Waals surface area contributed by atoms with Gasteiger partial charge in [-0.15, -0.1) is 0 Å². The zero-order chi connectivity index (χ0) is 16.7. The van der Waals surface area contributed by atoms with Crippen molar-refractivity contribution in [2.45, 2.75) is 17.2 Å². The Kier molecular flexibility index (Phi) is 4.12. The summed E-state index contributed by atoms with van der Waals surface area (Å²) >= 11 is 1.59. The number of thiophene rings is 1. The van der Waals surface area contributed by atoms with E-state index in [1.807, 2.05) is 16.8 Å². The highest BCUT2D eigenvalue weighted by Gasteiger charge is 2.40. The van der Waals surface area contributed by atoms with Gasteiger partial charge in [0.05, 0.1) is 11.5 Å². The summed E-state index contributed by atoms with van der Waals surface area (Å²) < 4.78 is 33.0. The van der Waals surface area contributed by atoms with E-state index in [2.05, 4.69) is 0 Å². The number of hydrogen-bond acceptors (Lipinski definition) is 5.